The molecule has 0 saturated heterocycles. The van der Waals surface area contributed by atoms with Crippen molar-refractivity contribution in [3.05, 3.63) is 99.9 Å². The van der Waals surface area contributed by atoms with Crippen LogP contribution in [0.4, 0.5) is 11.5 Å². The fourth-order valence-corrected chi connectivity index (χ4v) is 3.45. The Bertz CT molecular complexity index is 1110. The largest absolute Gasteiger partial charge is 0.358 e. The zero-order valence-corrected chi connectivity index (χ0v) is 14.8. The molecule has 4 aromatic rings. The summed E-state index contributed by atoms with van der Waals surface area (Å²) in [4.78, 5) is 17.5. The van der Waals surface area contributed by atoms with Crippen molar-refractivity contribution in [3.8, 4) is 0 Å². The third-order valence-corrected chi connectivity index (χ3v) is 4.66. The van der Waals surface area contributed by atoms with Crippen LogP contribution < -0.4 is 10.3 Å². The summed E-state index contributed by atoms with van der Waals surface area (Å²) in [6, 6.07) is 20.4. The maximum atomic E-state index is 11.3. The van der Waals surface area contributed by atoms with E-state index < -0.39 is 0 Å². The number of nitro groups is 1. The summed E-state index contributed by atoms with van der Waals surface area (Å²) in [6.07, 6.45) is 1.84. The van der Waals surface area contributed by atoms with E-state index in [1.165, 1.54) is 6.07 Å². The van der Waals surface area contributed by atoms with E-state index in [0.717, 1.165) is 33.5 Å². The number of hydrogen-bond donors (Lipinski definition) is 2. The van der Waals surface area contributed by atoms with E-state index in [1.54, 1.807) is 12.1 Å². The van der Waals surface area contributed by atoms with Gasteiger partial charge in [-0.15, -0.1) is 0 Å². The van der Waals surface area contributed by atoms with Crippen LogP contribution in [0.1, 0.15) is 22.9 Å². The maximum Gasteiger partial charge on any atom is 0.272 e. The number of anilines is 1. The van der Waals surface area contributed by atoms with Crippen molar-refractivity contribution in [1.82, 2.24) is 4.98 Å². The maximum absolute atomic E-state index is 11.3. The quantitative estimate of drug-likeness (QED) is 0.409. The third kappa shape index (κ3) is 3.25. The molecule has 0 bridgehead atoms. The van der Waals surface area contributed by atoms with Crippen molar-refractivity contribution in [3.63, 3.8) is 0 Å². The Morgan fingerprint density at radius 3 is 2.67 bits per heavy atom. The predicted molar refractivity (Wildman–Crippen MR) is 105 cm³/mol. The number of aryl methyl sites for hydroxylation is 1. The van der Waals surface area contributed by atoms with Gasteiger partial charge in [-0.25, -0.2) is 4.98 Å². The van der Waals surface area contributed by atoms with Crippen molar-refractivity contribution in [2.24, 2.45) is 0 Å². The second-order valence-electron chi connectivity index (χ2n) is 6.41. The lowest BCUT2D eigenvalue weighted by Gasteiger charge is -2.16. The molecular weight excluding hydrogens is 340 g/mol. The minimum absolute atomic E-state index is 0.0776. The molecule has 0 fully saturated rings. The van der Waals surface area contributed by atoms with Crippen molar-refractivity contribution >= 4 is 22.4 Å². The fraction of sp³-hybridized carbons (Fsp3) is 0.0952. The smallest absolute Gasteiger partial charge is 0.272 e. The zero-order chi connectivity index (χ0) is 18.8. The van der Waals surface area contributed by atoms with Gasteiger partial charge in [0.05, 0.1) is 11.1 Å². The molecule has 1 atom stereocenters. The molecule has 4 rings (SSSR count). The average molecular weight is 359 g/mol. The average Bonchev–Trinajstić information content (AvgIpc) is 3.02. The van der Waals surface area contributed by atoms with E-state index in [-0.39, 0.29) is 16.7 Å². The predicted octanol–water partition coefficient (Wildman–Crippen LogP) is 4.40. The lowest BCUT2D eigenvalue weighted by molar-refractivity contribution is -0.384. The van der Waals surface area contributed by atoms with E-state index in [9.17, 15) is 10.1 Å². The van der Waals surface area contributed by atoms with E-state index in [0.29, 0.717) is 0 Å². The highest BCUT2D eigenvalue weighted by atomic mass is 16.6. The Kier molecular flexibility index (Phi) is 4.30. The molecule has 0 aliphatic rings. The second-order valence-corrected chi connectivity index (χ2v) is 6.41. The van der Waals surface area contributed by atoms with Crippen LogP contribution in [-0.4, -0.2) is 9.91 Å². The number of H-pyrrole nitrogens is 2. The number of hydrogen-bond acceptors (Lipinski definition) is 3. The van der Waals surface area contributed by atoms with Crippen LogP contribution in [0.15, 0.2) is 72.9 Å². The first-order valence-corrected chi connectivity index (χ1v) is 8.68. The molecule has 0 amide bonds. The van der Waals surface area contributed by atoms with E-state index >= 15 is 0 Å². The number of nitro benzene ring substituents is 1. The van der Waals surface area contributed by atoms with Gasteiger partial charge in [0.1, 0.15) is 6.04 Å². The van der Waals surface area contributed by atoms with E-state index in [2.05, 4.69) is 21.4 Å². The van der Waals surface area contributed by atoms with Crippen LogP contribution in [0.2, 0.25) is 0 Å². The second kappa shape index (κ2) is 6.92. The summed E-state index contributed by atoms with van der Waals surface area (Å²) < 4.78 is 0. The minimum atomic E-state index is -0.364. The minimum Gasteiger partial charge on any atom is -0.358 e. The normalized spacial score (nSPS) is 12.0. The lowest BCUT2D eigenvalue weighted by Crippen LogP contribution is -2.19. The number of para-hydroxylation sites is 1. The monoisotopic (exact) mass is 359 g/mol. The van der Waals surface area contributed by atoms with Gasteiger partial charge in [-0.3, -0.25) is 15.4 Å². The van der Waals surface area contributed by atoms with Crippen molar-refractivity contribution in [2.75, 3.05) is 5.32 Å². The Balaban J connectivity index is 1.89. The van der Waals surface area contributed by atoms with Gasteiger partial charge in [0, 0.05) is 45.9 Å². The van der Waals surface area contributed by atoms with Crippen LogP contribution in [0.3, 0.4) is 0 Å². The third-order valence-electron chi connectivity index (χ3n) is 4.66. The molecule has 2 heterocycles. The molecule has 0 aliphatic heterocycles. The standard InChI is InChI=1S/C21H18N4O2/c1-14-20(17-9-2-3-10-18(17)23-14)21(24-19-11-4-5-12-22-19)15-7-6-8-16(13-15)25(26)27/h2-13,21,23H,1H3,(H,22,24)/p+1. The first-order valence-electron chi connectivity index (χ1n) is 8.68. The van der Waals surface area contributed by atoms with Crippen LogP contribution in [0.25, 0.3) is 10.9 Å². The van der Waals surface area contributed by atoms with Gasteiger partial charge < -0.3 is 4.98 Å². The molecule has 6 heteroatoms. The summed E-state index contributed by atoms with van der Waals surface area (Å²) in [5.74, 6) is 0.832. The Hall–Kier alpha value is -3.67. The van der Waals surface area contributed by atoms with Crippen molar-refractivity contribution in [1.29, 1.82) is 0 Å². The van der Waals surface area contributed by atoms with Gasteiger partial charge in [-0.05, 0) is 19.1 Å². The molecule has 0 radical (unpaired) electrons. The van der Waals surface area contributed by atoms with Gasteiger partial charge >= 0.3 is 0 Å². The number of aromatic amines is 2. The molecule has 0 aliphatic carbocycles. The Labute approximate surface area is 156 Å². The molecule has 134 valence electrons. The summed E-state index contributed by atoms with van der Waals surface area (Å²) in [5, 5.41) is 15.9. The van der Waals surface area contributed by atoms with Gasteiger partial charge in [0.25, 0.3) is 11.5 Å². The number of benzene rings is 2. The van der Waals surface area contributed by atoms with Gasteiger partial charge in [-0.2, -0.15) is 0 Å². The van der Waals surface area contributed by atoms with Crippen LogP contribution in [-0.2, 0) is 0 Å². The molecule has 27 heavy (non-hydrogen) atoms. The summed E-state index contributed by atoms with van der Waals surface area (Å²) >= 11 is 0. The fourth-order valence-electron chi connectivity index (χ4n) is 3.45. The summed E-state index contributed by atoms with van der Waals surface area (Å²) in [7, 11) is 0. The highest BCUT2D eigenvalue weighted by molar-refractivity contribution is 5.86. The zero-order valence-electron chi connectivity index (χ0n) is 14.8. The number of non-ortho nitro benzene ring substituents is 1. The number of aromatic nitrogens is 2. The number of rotatable bonds is 5. The molecule has 0 spiro atoms. The number of pyridine rings is 1. The van der Waals surface area contributed by atoms with Crippen molar-refractivity contribution < 1.29 is 9.91 Å². The molecule has 2 aromatic carbocycles. The van der Waals surface area contributed by atoms with E-state index in [1.807, 2.05) is 55.6 Å². The summed E-state index contributed by atoms with van der Waals surface area (Å²) in [6.45, 7) is 2.02. The number of nitrogens with one attached hydrogen (secondary N) is 3. The van der Waals surface area contributed by atoms with Gasteiger partial charge in [0.2, 0.25) is 0 Å². The van der Waals surface area contributed by atoms with Crippen LogP contribution >= 0.6 is 0 Å². The molecule has 6 nitrogen and oxygen atoms in total. The van der Waals surface area contributed by atoms with Gasteiger partial charge in [0.15, 0.2) is 0 Å². The highest BCUT2D eigenvalue weighted by Gasteiger charge is 2.26. The van der Waals surface area contributed by atoms with Gasteiger partial charge in [-0.1, -0.05) is 36.4 Å². The Morgan fingerprint density at radius 2 is 1.89 bits per heavy atom. The van der Waals surface area contributed by atoms with Crippen LogP contribution in [0, 0.1) is 17.0 Å². The SMILES string of the molecule is Cc1[nH]c2ccccc2c1C(Nc1cccc[nH+]1)c1cccc([N+](=O)[O-])c1. The van der Waals surface area contributed by atoms with E-state index in [4.69, 9.17) is 0 Å². The lowest BCUT2D eigenvalue weighted by atomic mass is 9.95. The first-order chi connectivity index (χ1) is 13.1. The van der Waals surface area contributed by atoms with Crippen LogP contribution in [0.5, 0.6) is 0 Å². The molecule has 1 unspecified atom stereocenters. The summed E-state index contributed by atoms with van der Waals surface area (Å²) in [5.41, 5.74) is 4.04. The highest BCUT2D eigenvalue weighted by Crippen LogP contribution is 2.34. The number of fused-ring (bicyclic) bond motifs is 1. The first kappa shape index (κ1) is 16.8. The molecular formula is C21H19N4O2+. The topological polar surface area (TPSA) is 85.1 Å². The Morgan fingerprint density at radius 1 is 1.07 bits per heavy atom. The number of nitrogens with zero attached hydrogens (tertiary/aromatic N) is 1. The van der Waals surface area contributed by atoms with Crippen molar-refractivity contribution in [2.45, 2.75) is 13.0 Å². The molecule has 3 N–H and O–H groups in total. The molecule has 2 aromatic heterocycles. The molecule has 0 saturated carbocycles.